The van der Waals surface area contributed by atoms with Gasteiger partial charge in [-0.3, -0.25) is 0 Å². The van der Waals surface area contributed by atoms with E-state index in [1.54, 1.807) is 6.08 Å². The van der Waals surface area contributed by atoms with Gasteiger partial charge in [0.25, 0.3) is 0 Å². The molecule has 0 radical (unpaired) electrons. The fraction of sp³-hybridized carbons (Fsp3) is 0.660. The molecule has 0 amide bonds. The van der Waals surface area contributed by atoms with Gasteiger partial charge in [0, 0.05) is 49.7 Å². The van der Waals surface area contributed by atoms with Gasteiger partial charge in [0.05, 0.1) is 6.04 Å². The summed E-state index contributed by atoms with van der Waals surface area (Å²) in [5, 5.41) is 10.7. The number of nitrogens with zero attached hydrogens (tertiary/aromatic N) is 1. The average Bonchev–Trinajstić information content (AvgIpc) is 3.09. The van der Waals surface area contributed by atoms with Crippen molar-refractivity contribution in [1.29, 1.82) is 0 Å². The van der Waals surface area contributed by atoms with E-state index in [4.69, 9.17) is 6.42 Å². The minimum atomic E-state index is -0.0932. The second kappa shape index (κ2) is 27.7. The lowest BCUT2D eigenvalue weighted by Crippen LogP contribution is -2.36. The topological polar surface area (TPSA) is 39.3 Å². The van der Waals surface area contributed by atoms with Gasteiger partial charge in [-0.1, -0.05) is 148 Å². The normalized spacial score (nSPS) is 19.3. The summed E-state index contributed by atoms with van der Waals surface area (Å²) in [5.41, 5.74) is 4.35. The predicted molar refractivity (Wildman–Crippen MR) is 227 cm³/mol. The van der Waals surface area contributed by atoms with Gasteiger partial charge in [0.15, 0.2) is 0 Å². The van der Waals surface area contributed by atoms with Gasteiger partial charge in [0.2, 0.25) is 0 Å². The molecule has 0 aliphatic heterocycles. The highest BCUT2D eigenvalue weighted by Crippen LogP contribution is 2.27. The van der Waals surface area contributed by atoms with Crippen LogP contribution in [-0.2, 0) is 0 Å². The van der Waals surface area contributed by atoms with Gasteiger partial charge in [-0.2, -0.15) is 0 Å². The average molecular weight is 701 g/mol. The summed E-state index contributed by atoms with van der Waals surface area (Å²) in [6.07, 6.45) is 25.4. The van der Waals surface area contributed by atoms with E-state index >= 15 is 0 Å². The van der Waals surface area contributed by atoms with E-state index in [1.807, 2.05) is 24.3 Å². The Morgan fingerprint density at radius 2 is 1.53 bits per heavy atom. The Balaban J connectivity index is 0.000000755. The van der Waals surface area contributed by atoms with Crippen molar-refractivity contribution in [2.24, 2.45) is 35.5 Å². The van der Waals surface area contributed by atoms with E-state index in [1.165, 1.54) is 69.8 Å². The number of aryl methyl sites for hydroxylation is 1. The molecule has 0 bridgehead atoms. The van der Waals surface area contributed by atoms with E-state index in [2.05, 4.69) is 114 Å². The molecule has 1 aromatic carbocycles. The molecule has 4 nitrogen and oxygen atoms in total. The number of rotatable bonds is 19. The van der Waals surface area contributed by atoms with Gasteiger partial charge >= 0.3 is 0 Å². The predicted octanol–water partition coefficient (Wildman–Crippen LogP) is 11.3. The molecule has 0 spiro atoms. The van der Waals surface area contributed by atoms with Gasteiger partial charge < -0.3 is 20.9 Å². The second-order valence-electron chi connectivity index (χ2n) is 16.5. The van der Waals surface area contributed by atoms with Crippen molar-refractivity contribution in [3.63, 3.8) is 0 Å². The van der Waals surface area contributed by atoms with Crippen molar-refractivity contribution in [1.82, 2.24) is 20.9 Å². The molecule has 51 heavy (non-hydrogen) atoms. The van der Waals surface area contributed by atoms with E-state index < -0.39 is 0 Å². The highest BCUT2D eigenvalue weighted by molar-refractivity contribution is 5.22. The summed E-state index contributed by atoms with van der Waals surface area (Å²) < 4.78 is 0. The highest BCUT2D eigenvalue weighted by Gasteiger charge is 2.18. The Hall–Kier alpha value is -2.90. The number of terminal acetylenes is 1. The van der Waals surface area contributed by atoms with Crippen LogP contribution in [0.4, 0.5) is 0 Å². The van der Waals surface area contributed by atoms with Crippen LogP contribution in [0, 0.1) is 54.8 Å². The molecular weight excluding hydrogens is 621 g/mol. The summed E-state index contributed by atoms with van der Waals surface area (Å²) >= 11 is 0. The van der Waals surface area contributed by atoms with Crippen LogP contribution in [0.1, 0.15) is 124 Å². The second-order valence-corrected chi connectivity index (χ2v) is 16.5. The lowest BCUT2D eigenvalue weighted by atomic mass is 9.83. The molecule has 0 aromatic heterocycles. The van der Waals surface area contributed by atoms with Crippen LogP contribution in [0.3, 0.4) is 0 Å². The molecule has 3 rings (SSSR count). The fourth-order valence-corrected chi connectivity index (χ4v) is 6.97. The van der Waals surface area contributed by atoms with Crippen molar-refractivity contribution >= 4 is 0 Å². The molecule has 2 saturated carbocycles. The zero-order valence-corrected chi connectivity index (χ0v) is 34.5. The van der Waals surface area contributed by atoms with Crippen molar-refractivity contribution < 1.29 is 0 Å². The number of likely N-dealkylation sites (N-methyl/N-ethyl adjacent to an activating group) is 1. The Bertz CT molecular complexity index is 1130. The monoisotopic (exact) mass is 701 g/mol. The van der Waals surface area contributed by atoms with Crippen molar-refractivity contribution in [2.75, 3.05) is 33.2 Å². The van der Waals surface area contributed by atoms with Crippen LogP contribution in [0.5, 0.6) is 0 Å². The number of allylic oxidation sites excluding steroid dienone is 3. The van der Waals surface area contributed by atoms with E-state index in [0.717, 1.165) is 79.8 Å². The molecule has 4 heteroatoms. The van der Waals surface area contributed by atoms with Gasteiger partial charge in [-0.25, -0.2) is 0 Å². The maximum absolute atomic E-state index is 5.49. The number of hydrogen-bond donors (Lipinski definition) is 3. The molecule has 2 aliphatic rings. The van der Waals surface area contributed by atoms with E-state index in [-0.39, 0.29) is 12.0 Å². The lowest BCUT2D eigenvalue weighted by Gasteiger charge is -2.29. The van der Waals surface area contributed by atoms with E-state index in [0.29, 0.717) is 5.92 Å². The molecule has 0 heterocycles. The first kappa shape index (κ1) is 46.1. The molecular formula is C47H80N4. The van der Waals surface area contributed by atoms with Crippen LogP contribution in [0.2, 0.25) is 0 Å². The summed E-state index contributed by atoms with van der Waals surface area (Å²) in [6, 6.07) is 10.2. The van der Waals surface area contributed by atoms with Crippen LogP contribution in [0.15, 0.2) is 79.3 Å². The molecule has 1 aromatic rings. The maximum Gasteiger partial charge on any atom is 0.0844 e. The Morgan fingerprint density at radius 3 is 2.06 bits per heavy atom. The summed E-state index contributed by atoms with van der Waals surface area (Å²) in [4.78, 5) is 2.27. The Kier molecular flexibility index (Phi) is 25.1. The standard InChI is InChI=1S/C33H58N4.C7H14.C7H8/c1-11-12-13-33(31(9)35-19-18-27(5)22-25(2)3)36-30(8)28(6)23-29(7)37(10)21-20-34-24-32-16-14-26(4)15-17-32;2*1-7-5-3-2-4-6-7/h1,12-13,25-28,32-36H,7-9,14-24H2,2-6,10H3;7H,2-6H2,1H3;2-6H,1H3. The smallest absolute Gasteiger partial charge is 0.0844 e. The first-order chi connectivity index (χ1) is 24.3. The van der Waals surface area contributed by atoms with Crippen LogP contribution in [0.25, 0.3) is 0 Å². The van der Waals surface area contributed by atoms with Crippen molar-refractivity contribution in [3.8, 4) is 12.3 Å². The third kappa shape index (κ3) is 23.3. The molecule has 288 valence electrons. The molecule has 3 unspecified atom stereocenters. The van der Waals surface area contributed by atoms with Crippen LogP contribution < -0.4 is 16.0 Å². The maximum atomic E-state index is 5.49. The van der Waals surface area contributed by atoms with Crippen molar-refractivity contribution in [3.05, 3.63) is 84.9 Å². The van der Waals surface area contributed by atoms with Gasteiger partial charge in [0.1, 0.15) is 0 Å². The Morgan fingerprint density at radius 1 is 0.902 bits per heavy atom. The molecule has 2 fully saturated rings. The quantitative estimate of drug-likeness (QED) is 0.0992. The SMILES string of the molecule is C#CC=CC(NC(=C)C(C)CC(=C)N(C)CCNCC1CCC(C)CC1)C(=C)NCCC(C)CC(C)C.CC1CCCCC1.Cc1ccccc1. The molecule has 3 N–H and O–H groups in total. The van der Waals surface area contributed by atoms with Crippen LogP contribution in [-0.4, -0.2) is 44.2 Å². The first-order valence-electron chi connectivity index (χ1n) is 20.4. The van der Waals surface area contributed by atoms with Crippen LogP contribution >= 0.6 is 0 Å². The van der Waals surface area contributed by atoms with Gasteiger partial charge in [-0.05, 0) is 87.3 Å². The molecule has 2 aliphatic carbocycles. The minimum Gasteiger partial charge on any atom is -0.387 e. The molecule has 3 atom stereocenters. The summed E-state index contributed by atoms with van der Waals surface area (Å²) in [6.45, 7) is 32.9. The number of benzene rings is 1. The fourth-order valence-electron chi connectivity index (χ4n) is 6.97. The largest absolute Gasteiger partial charge is 0.387 e. The summed E-state index contributed by atoms with van der Waals surface area (Å²) in [7, 11) is 2.14. The summed E-state index contributed by atoms with van der Waals surface area (Å²) in [5.74, 6) is 7.06. The number of hydrogen-bond acceptors (Lipinski definition) is 4. The number of nitrogens with one attached hydrogen (secondary N) is 3. The first-order valence-corrected chi connectivity index (χ1v) is 20.4. The zero-order valence-electron chi connectivity index (χ0n) is 34.5. The van der Waals surface area contributed by atoms with Gasteiger partial charge in [-0.15, -0.1) is 6.42 Å². The van der Waals surface area contributed by atoms with Crippen molar-refractivity contribution in [2.45, 2.75) is 132 Å². The Labute approximate surface area is 317 Å². The minimum absolute atomic E-state index is 0.0932. The van der Waals surface area contributed by atoms with E-state index in [9.17, 15) is 0 Å². The zero-order chi connectivity index (χ0) is 38.0. The lowest BCUT2D eigenvalue weighted by molar-refractivity contribution is 0.278. The third-order valence-corrected chi connectivity index (χ3v) is 10.7. The molecule has 0 saturated heterocycles. The third-order valence-electron chi connectivity index (χ3n) is 10.7. The highest BCUT2D eigenvalue weighted by atomic mass is 15.1.